The molecule has 0 aromatic heterocycles. The first kappa shape index (κ1) is 14.0. The molecule has 1 rings (SSSR count). The van der Waals surface area contributed by atoms with Crippen LogP contribution in [0.5, 0.6) is 0 Å². The van der Waals surface area contributed by atoms with E-state index in [-0.39, 0.29) is 23.8 Å². The number of amides is 1. The number of piperidine rings is 1. The van der Waals surface area contributed by atoms with Crippen LogP contribution in [0.25, 0.3) is 0 Å². The standard InChI is InChI=1S/C12H22N2O3/c1-4-14-7-10(6-12(16)17-3)5-11(8-14)13-9(2)15/h10-11H,4-8H2,1-3H3,(H,13,15). The van der Waals surface area contributed by atoms with Gasteiger partial charge in [0.25, 0.3) is 0 Å². The van der Waals surface area contributed by atoms with Crippen LogP contribution in [0.15, 0.2) is 0 Å². The van der Waals surface area contributed by atoms with Crippen molar-refractivity contribution < 1.29 is 14.3 Å². The van der Waals surface area contributed by atoms with Crippen LogP contribution in [0.1, 0.15) is 26.7 Å². The lowest BCUT2D eigenvalue weighted by Crippen LogP contribution is -2.50. The Hall–Kier alpha value is -1.10. The molecule has 0 radical (unpaired) electrons. The highest BCUT2D eigenvalue weighted by Crippen LogP contribution is 2.20. The van der Waals surface area contributed by atoms with Crippen molar-refractivity contribution in [2.24, 2.45) is 5.92 Å². The predicted octanol–water partition coefficient (Wildman–Crippen LogP) is 0.396. The Morgan fingerprint density at radius 1 is 1.41 bits per heavy atom. The van der Waals surface area contributed by atoms with Gasteiger partial charge in [-0.2, -0.15) is 0 Å². The number of nitrogens with one attached hydrogen (secondary N) is 1. The van der Waals surface area contributed by atoms with Gasteiger partial charge in [-0.15, -0.1) is 0 Å². The Labute approximate surface area is 102 Å². The molecule has 0 bridgehead atoms. The Kier molecular flexibility index (Phi) is 5.41. The summed E-state index contributed by atoms with van der Waals surface area (Å²) in [6, 6.07) is 0.149. The fourth-order valence-electron chi connectivity index (χ4n) is 2.42. The van der Waals surface area contributed by atoms with Gasteiger partial charge in [0.1, 0.15) is 0 Å². The minimum Gasteiger partial charge on any atom is -0.469 e. The summed E-state index contributed by atoms with van der Waals surface area (Å²) in [7, 11) is 1.41. The van der Waals surface area contributed by atoms with E-state index in [2.05, 4.69) is 17.1 Å². The summed E-state index contributed by atoms with van der Waals surface area (Å²) in [6.07, 6.45) is 1.29. The van der Waals surface area contributed by atoms with Gasteiger partial charge in [-0.25, -0.2) is 0 Å². The average molecular weight is 242 g/mol. The molecule has 0 aliphatic carbocycles. The largest absolute Gasteiger partial charge is 0.469 e. The van der Waals surface area contributed by atoms with Crippen LogP contribution < -0.4 is 5.32 Å². The van der Waals surface area contributed by atoms with Gasteiger partial charge >= 0.3 is 5.97 Å². The molecule has 17 heavy (non-hydrogen) atoms. The van der Waals surface area contributed by atoms with Gasteiger partial charge in [0.05, 0.1) is 7.11 Å². The Morgan fingerprint density at radius 2 is 2.12 bits per heavy atom. The molecule has 2 unspecified atom stereocenters. The zero-order chi connectivity index (χ0) is 12.8. The van der Waals surface area contributed by atoms with Gasteiger partial charge in [0.2, 0.25) is 5.91 Å². The van der Waals surface area contributed by atoms with Crippen LogP contribution in [0.3, 0.4) is 0 Å². The van der Waals surface area contributed by atoms with Gasteiger partial charge < -0.3 is 15.0 Å². The minimum atomic E-state index is -0.172. The third kappa shape index (κ3) is 4.73. The summed E-state index contributed by atoms with van der Waals surface area (Å²) < 4.78 is 4.69. The van der Waals surface area contributed by atoms with Crippen molar-refractivity contribution in [3.63, 3.8) is 0 Å². The van der Waals surface area contributed by atoms with Crippen molar-refractivity contribution in [3.8, 4) is 0 Å². The number of rotatable bonds is 4. The number of ether oxygens (including phenoxy) is 1. The number of likely N-dealkylation sites (tertiary alicyclic amines) is 1. The molecule has 1 aliphatic rings. The van der Waals surface area contributed by atoms with Gasteiger partial charge in [-0.05, 0) is 18.9 Å². The van der Waals surface area contributed by atoms with Crippen molar-refractivity contribution >= 4 is 11.9 Å². The van der Waals surface area contributed by atoms with Crippen LogP contribution in [0.2, 0.25) is 0 Å². The van der Waals surface area contributed by atoms with E-state index >= 15 is 0 Å². The molecule has 1 aliphatic heterocycles. The number of esters is 1. The molecule has 0 spiro atoms. The highest BCUT2D eigenvalue weighted by atomic mass is 16.5. The van der Waals surface area contributed by atoms with Crippen molar-refractivity contribution in [2.45, 2.75) is 32.7 Å². The molecule has 5 heteroatoms. The SMILES string of the molecule is CCN1CC(CC(=O)OC)CC(NC(C)=O)C1. The first-order chi connectivity index (χ1) is 8.05. The lowest BCUT2D eigenvalue weighted by atomic mass is 9.91. The van der Waals surface area contributed by atoms with Gasteiger partial charge in [0, 0.05) is 32.5 Å². The molecular formula is C12H22N2O3. The van der Waals surface area contributed by atoms with Crippen molar-refractivity contribution in [3.05, 3.63) is 0 Å². The van der Waals surface area contributed by atoms with E-state index in [1.54, 1.807) is 0 Å². The first-order valence-electron chi connectivity index (χ1n) is 6.11. The fourth-order valence-corrected chi connectivity index (χ4v) is 2.42. The van der Waals surface area contributed by atoms with E-state index in [9.17, 15) is 9.59 Å². The zero-order valence-corrected chi connectivity index (χ0v) is 10.9. The van der Waals surface area contributed by atoms with E-state index in [1.165, 1.54) is 14.0 Å². The molecule has 5 nitrogen and oxygen atoms in total. The number of carbonyl (C=O) groups is 2. The summed E-state index contributed by atoms with van der Waals surface area (Å²) >= 11 is 0. The summed E-state index contributed by atoms with van der Waals surface area (Å²) in [5, 5.41) is 2.93. The predicted molar refractivity (Wildman–Crippen MR) is 64.5 cm³/mol. The topological polar surface area (TPSA) is 58.6 Å². The number of methoxy groups -OCH3 is 1. The molecule has 2 atom stereocenters. The second-order valence-corrected chi connectivity index (χ2v) is 4.63. The van der Waals surface area contributed by atoms with E-state index in [0.717, 1.165) is 26.1 Å². The minimum absolute atomic E-state index is 0.00947. The third-order valence-electron chi connectivity index (χ3n) is 3.15. The molecule has 1 N–H and O–H groups in total. The van der Waals surface area contributed by atoms with Crippen LogP contribution >= 0.6 is 0 Å². The van der Waals surface area contributed by atoms with E-state index in [4.69, 9.17) is 4.74 Å². The lowest BCUT2D eigenvalue weighted by molar-refractivity contribution is -0.142. The van der Waals surface area contributed by atoms with E-state index < -0.39 is 0 Å². The van der Waals surface area contributed by atoms with E-state index in [0.29, 0.717) is 6.42 Å². The maximum atomic E-state index is 11.3. The van der Waals surface area contributed by atoms with Crippen LogP contribution in [-0.4, -0.2) is 49.6 Å². The summed E-state index contributed by atoms with van der Waals surface area (Å²) in [5.41, 5.74) is 0. The zero-order valence-electron chi connectivity index (χ0n) is 10.9. The summed E-state index contributed by atoms with van der Waals surface area (Å²) in [4.78, 5) is 24.6. The Balaban J connectivity index is 2.53. The second kappa shape index (κ2) is 6.59. The maximum Gasteiger partial charge on any atom is 0.305 e. The van der Waals surface area contributed by atoms with Crippen molar-refractivity contribution in [2.75, 3.05) is 26.7 Å². The molecule has 0 saturated carbocycles. The molecule has 0 aromatic carbocycles. The normalized spacial score (nSPS) is 25.4. The number of nitrogens with zero attached hydrogens (tertiary/aromatic N) is 1. The average Bonchev–Trinajstić information content (AvgIpc) is 2.27. The quantitative estimate of drug-likeness (QED) is 0.725. The van der Waals surface area contributed by atoms with Crippen LogP contribution in [-0.2, 0) is 14.3 Å². The van der Waals surface area contributed by atoms with Gasteiger partial charge in [0.15, 0.2) is 0 Å². The number of hydrogen-bond donors (Lipinski definition) is 1. The van der Waals surface area contributed by atoms with E-state index in [1.807, 2.05) is 0 Å². The molecule has 1 amide bonds. The molecule has 1 heterocycles. The van der Waals surface area contributed by atoms with Crippen LogP contribution in [0, 0.1) is 5.92 Å². The monoisotopic (exact) mass is 242 g/mol. The third-order valence-corrected chi connectivity index (χ3v) is 3.15. The molecule has 98 valence electrons. The Morgan fingerprint density at radius 3 is 2.65 bits per heavy atom. The van der Waals surface area contributed by atoms with Gasteiger partial charge in [-0.3, -0.25) is 9.59 Å². The van der Waals surface area contributed by atoms with Crippen molar-refractivity contribution in [1.82, 2.24) is 10.2 Å². The van der Waals surface area contributed by atoms with Gasteiger partial charge in [-0.1, -0.05) is 6.92 Å². The summed E-state index contributed by atoms with van der Waals surface area (Å²) in [5.74, 6) is 0.0901. The number of hydrogen-bond acceptors (Lipinski definition) is 4. The highest BCUT2D eigenvalue weighted by molar-refractivity contribution is 5.73. The number of likely N-dealkylation sites (N-methyl/N-ethyl adjacent to an activating group) is 1. The second-order valence-electron chi connectivity index (χ2n) is 4.63. The molecular weight excluding hydrogens is 220 g/mol. The molecule has 1 fully saturated rings. The number of carbonyl (C=O) groups excluding carboxylic acids is 2. The highest BCUT2D eigenvalue weighted by Gasteiger charge is 2.28. The first-order valence-corrected chi connectivity index (χ1v) is 6.11. The van der Waals surface area contributed by atoms with Crippen LogP contribution in [0.4, 0.5) is 0 Å². The summed E-state index contributed by atoms with van der Waals surface area (Å²) in [6.45, 7) is 6.33. The lowest BCUT2D eigenvalue weighted by Gasteiger charge is -2.37. The maximum absolute atomic E-state index is 11.3. The fraction of sp³-hybridized carbons (Fsp3) is 0.833. The Bertz CT molecular complexity index is 281. The van der Waals surface area contributed by atoms with Crippen molar-refractivity contribution in [1.29, 1.82) is 0 Å². The molecule has 0 aromatic rings. The smallest absolute Gasteiger partial charge is 0.305 e. The molecule has 1 saturated heterocycles.